The molecule has 0 aromatic heterocycles. The maximum absolute atomic E-state index is 12.1. The van der Waals surface area contributed by atoms with Gasteiger partial charge in [-0.2, -0.15) is 0 Å². The quantitative estimate of drug-likeness (QED) is 0.341. The molecule has 0 saturated carbocycles. The number of benzene rings is 2. The summed E-state index contributed by atoms with van der Waals surface area (Å²) in [6, 6.07) is 15.6. The van der Waals surface area contributed by atoms with Gasteiger partial charge in [0.05, 0.1) is 5.25 Å². The summed E-state index contributed by atoms with van der Waals surface area (Å²) in [6.07, 6.45) is -2.79. The van der Waals surface area contributed by atoms with Gasteiger partial charge in [-0.05, 0) is 24.1 Å². The van der Waals surface area contributed by atoms with Gasteiger partial charge in [-0.25, -0.2) is 0 Å². The summed E-state index contributed by atoms with van der Waals surface area (Å²) in [5.74, 6) is -1.92. The van der Waals surface area contributed by atoms with Crippen molar-refractivity contribution in [1.82, 2.24) is 0 Å². The first kappa shape index (κ1) is 29.0. The van der Waals surface area contributed by atoms with E-state index in [-0.39, 0.29) is 6.61 Å². The zero-order valence-corrected chi connectivity index (χ0v) is 22.8. The fourth-order valence-electron chi connectivity index (χ4n) is 4.10. The highest BCUT2D eigenvalue weighted by molar-refractivity contribution is 8.00. The molecule has 1 heterocycles. The second kappa shape index (κ2) is 13.3. The number of hydrogen-bond donors (Lipinski definition) is 0. The van der Waals surface area contributed by atoms with Gasteiger partial charge in [-0.15, -0.1) is 11.8 Å². The molecule has 0 aliphatic carbocycles. The molecule has 9 nitrogen and oxygen atoms in total. The SMILES string of the molecule is CC(=O)OC[C@@H]1S[C@H](Oc2ccccc2Cc2ccc(C)cc2)[C@H](OC(C)=O)[C@@H](OC(C)=O)[C@@H]1OC(C)=O. The van der Waals surface area contributed by atoms with Crippen molar-refractivity contribution in [2.45, 2.75) is 70.0 Å². The molecular formula is C28H32O9S. The first-order chi connectivity index (χ1) is 18.0. The smallest absolute Gasteiger partial charge is 0.303 e. The number of ether oxygens (including phenoxy) is 5. The molecule has 38 heavy (non-hydrogen) atoms. The van der Waals surface area contributed by atoms with Crippen LogP contribution in [0.25, 0.3) is 0 Å². The van der Waals surface area contributed by atoms with E-state index in [0.29, 0.717) is 12.2 Å². The maximum Gasteiger partial charge on any atom is 0.303 e. The zero-order valence-electron chi connectivity index (χ0n) is 22.0. The predicted molar refractivity (Wildman–Crippen MR) is 140 cm³/mol. The second-order valence-electron chi connectivity index (χ2n) is 8.96. The minimum atomic E-state index is -1.20. The Bertz CT molecular complexity index is 1150. The Labute approximate surface area is 226 Å². The first-order valence-electron chi connectivity index (χ1n) is 12.1. The van der Waals surface area contributed by atoms with Gasteiger partial charge in [0.25, 0.3) is 0 Å². The van der Waals surface area contributed by atoms with E-state index in [1.807, 2.05) is 49.4 Å². The van der Waals surface area contributed by atoms with Crippen LogP contribution in [0, 0.1) is 6.92 Å². The van der Waals surface area contributed by atoms with Crippen LogP contribution in [-0.2, 0) is 44.5 Å². The van der Waals surface area contributed by atoms with Crippen molar-refractivity contribution in [2.24, 2.45) is 0 Å². The molecule has 0 spiro atoms. The van der Waals surface area contributed by atoms with Crippen LogP contribution < -0.4 is 4.74 Å². The third kappa shape index (κ3) is 8.24. The van der Waals surface area contributed by atoms with Crippen LogP contribution >= 0.6 is 11.8 Å². The maximum atomic E-state index is 12.1. The molecule has 1 aliphatic rings. The van der Waals surface area contributed by atoms with Gasteiger partial charge < -0.3 is 23.7 Å². The Morgan fingerprint density at radius 3 is 1.92 bits per heavy atom. The van der Waals surface area contributed by atoms with Crippen LogP contribution in [0.15, 0.2) is 48.5 Å². The average molecular weight is 545 g/mol. The number of carbonyl (C=O) groups is 4. The van der Waals surface area contributed by atoms with Crippen molar-refractivity contribution >= 4 is 35.6 Å². The fraction of sp³-hybridized carbons (Fsp3) is 0.429. The van der Waals surface area contributed by atoms with Crippen LogP contribution in [0.3, 0.4) is 0 Å². The zero-order chi connectivity index (χ0) is 27.8. The summed E-state index contributed by atoms with van der Waals surface area (Å²) in [5, 5.41) is -0.673. The molecule has 0 radical (unpaired) electrons. The molecule has 0 amide bonds. The van der Waals surface area contributed by atoms with Gasteiger partial charge in [0.2, 0.25) is 0 Å². The van der Waals surface area contributed by atoms with Crippen LogP contribution in [0.5, 0.6) is 5.75 Å². The summed E-state index contributed by atoms with van der Waals surface area (Å²) in [4.78, 5) is 47.7. The molecule has 0 unspecified atom stereocenters. The second-order valence-corrected chi connectivity index (χ2v) is 10.3. The van der Waals surface area contributed by atoms with Crippen LogP contribution in [0.2, 0.25) is 0 Å². The van der Waals surface area contributed by atoms with Crippen molar-refractivity contribution in [3.63, 3.8) is 0 Å². The van der Waals surface area contributed by atoms with Gasteiger partial charge in [-0.3, -0.25) is 19.2 Å². The molecular weight excluding hydrogens is 512 g/mol. The Morgan fingerprint density at radius 2 is 1.32 bits per heavy atom. The Balaban J connectivity index is 1.98. The lowest BCUT2D eigenvalue weighted by Crippen LogP contribution is -2.59. The van der Waals surface area contributed by atoms with E-state index in [4.69, 9.17) is 23.7 Å². The molecule has 5 atom stereocenters. The minimum absolute atomic E-state index is 0.145. The minimum Gasteiger partial charge on any atom is -0.475 e. The van der Waals surface area contributed by atoms with Crippen molar-refractivity contribution in [3.8, 4) is 5.75 Å². The highest BCUT2D eigenvalue weighted by atomic mass is 32.2. The normalized spacial score (nSPS) is 22.6. The molecule has 0 bridgehead atoms. The first-order valence-corrected chi connectivity index (χ1v) is 13.1. The van der Waals surface area contributed by atoms with E-state index in [9.17, 15) is 19.2 Å². The molecule has 0 N–H and O–H groups in total. The number of para-hydroxylation sites is 1. The van der Waals surface area contributed by atoms with E-state index in [2.05, 4.69) is 0 Å². The van der Waals surface area contributed by atoms with E-state index < -0.39 is 52.9 Å². The number of thioether (sulfide) groups is 1. The topological polar surface area (TPSA) is 114 Å². The largest absolute Gasteiger partial charge is 0.475 e. The summed E-state index contributed by atoms with van der Waals surface area (Å²) in [5.41, 5.74) is 2.25. The van der Waals surface area contributed by atoms with Gasteiger partial charge in [0.1, 0.15) is 12.4 Å². The molecule has 3 rings (SSSR count). The Hall–Kier alpha value is -3.53. The molecule has 1 saturated heterocycles. The average Bonchev–Trinajstić information content (AvgIpc) is 2.83. The highest BCUT2D eigenvalue weighted by Gasteiger charge is 2.53. The molecule has 2 aromatic rings. The summed E-state index contributed by atoms with van der Waals surface area (Å²) in [6.45, 7) is 6.77. The standard InChI is InChI=1S/C28H32O9S/c1-16-10-12-21(13-11-16)14-22-8-6-7-9-23(22)37-28-27(36-20(5)32)26(35-19(4)31)25(34-18(3)30)24(38-28)15-33-17(2)29/h6-13,24-28H,14-15H2,1-5H3/t24-,25+,26-,27+,28-/m0/s1. The van der Waals surface area contributed by atoms with Crippen molar-refractivity contribution < 1.29 is 42.9 Å². The van der Waals surface area contributed by atoms with E-state index in [1.54, 1.807) is 6.07 Å². The third-order valence-electron chi connectivity index (χ3n) is 5.68. The predicted octanol–water partition coefficient (Wildman–Crippen LogP) is 3.76. The Kier molecular flexibility index (Phi) is 10.2. The number of esters is 4. The lowest BCUT2D eigenvalue weighted by atomic mass is 10.0. The lowest BCUT2D eigenvalue weighted by Gasteiger charge is -2.43. The lowest BCUT2D eigenvalue weighted by molar-refractivity contribution is -0.190. The highest BCUT2D eigenvalue weighted by Crippen LogP contribution is 2.40. The van der Waals surface area contributed by atoms with E-state index >= 15 is 0 Å². The number of hydrogen-bond acceptors (Lipinski definition) is 10. The summed E-state index contributed by atoms with van der Waals surface area (Å²) < 4.78 is 28.2. The van der Waals surface area contributed by atoms with Crippen LogP contribution in [0.1, 0.15) is 44.4 Å². The molecule has 1 aliphatic heterocycles. The third-order valence-corrected chi connectivity index (χ3v) is 7.07. The van der Waals surface area contributed by atoms with E-state index in [1.165, 1.54) is 39.5 Å². The van der Waals surface area contributed by atoms with Crippen LogP contribution in [-0.4, -0.2) is 59.5 Å². The van der Waals surface area contributed by atoms with Crippen molar-refractivity contribution in [1.29, 1.82) is 0 Å². The molecule has 10 heteroatoms. The molecule has 2 aromatic carbocycles. The number of aryl methyl sites for hydroxylation is 1. The number of rotatable bonds is 9. The number of carbonyl (C=O) groups excluding carboxylic acids is 4. The van der Waals surface area contributed by atoms with Gasteiger partial charge in [-0.1, -0.05) is 48.0 Å². The van der Waals surface area contributed by atoms with Gasteiger partial charge >= 0.3 is 23.9 Å². The van der Waals surface area contributed by atoms with Gasteiger partial charge in [0.15, 0.2) is 23.7 Å². The Morgan fingerprint density at radius 1 is 0.737 bits per heavy atom. The summed E-state index contributed by atoms with van der Waals surface area (Å²) in [7, 11) is 0. The summed E-state index contributed by atoms with van der Waals surface area (Å²) >= 11 is 1.17. The van der Waals surface area contributed by atoms with Crippen LogP contribution in [0.4, 0.5) is 0 Å². The van der Waals surface area contributed by atoms with Crippen molar-refractivity contribution in [3.05, 3.63) is 65.2 Å². The van der Waals surface area contributed by atoms with E-state index in [0.717, 1.165) is 16.7 Å². The monoisotopic (exact) mass is 544 g/mol. The van der Waals surface area contributed by atoms with Crippen molar-refractivity contribution in [2.75, 3.05) is 6.61 Å². The molecule has 204 valence electrons. The fourth-order valence-corrected chi connectivity index (χ4v) is 5.48. The van der Waals surface area contributed by atoms with Gasteiger partial charge in [0, 0.05) is 34.1 Å². The molecule has 1 fully saturated rings.